The van der Waals surface area contributed by atoms with Crippen LogP contribution < -0.4 is 9.47 Å². The summed E-state index contributed by atoms with van der Waals surface area (Å²) in [6.07, 6.45) is 1.53. The first kappa shape index (κ1) is 20.5. The lowest BCUT2D eigenvalue weighted by molar-refractivity contribution is -0.139. The molecule has 1 heterocycles. The summed E-state index contributed by atoms with van der Waals surface area (Å²) < 4.78 is 10.9. The summed E-state index contributed by atoms with van der Waals surface area (Å²) in [5, 5.41) is 8.40. The van der Waals surface area contributed by atoms with E-state index in [-0.39, 0.29) is 23.3 Å². The van der Waals surface area contributed by atoms with E-state index in [4.69, 9.17) is 14.6 Å². The number of ether oxygens (including phenoxy) is 2. The van der Waals surface area contributed by atoms with E-state index in [1.165, 1.54) is 6.08 Å². The molecule has 1 fully saturated rings. The minimum absolute atomic E-state index is 0.132. The molecule has 1 aliphatic rings. The van der Waals surface area contributed by atoms with Crippen molar-refractivity contribution >= 4 is 35.0 Å². The van der Waals surface area contributed by atoms with Gasteiger partial charge in [-0.05, 0) is 48.5 Å². The van der Waals surface area contributed by atoms with Gasteiger partial charge in [0.25, 0.3) is 11.1 Å². The molecule has 0 aromatic heterocycles. The van der Waals surface area contributed by atoms with Gasteiger partial charge in [-0.1, -0.05) is 30.3 Å². The number of imide groups is 1. The molecule has 0 aliphatic carbocycles. The standard InChI is InChI=1S/C21H19NO6S/c1-14-5-4-7-16(11-14)27-10-9-22-20(25)18(29-21(22)26)12-15-6-2-3-8-17(15)28-13-19(23)24/h2-8,11-12H,9-10,13H2,1H3,(H,23,24)/b18-12-. The molecule has 1 saturated heterocycles. The van der Waals surface area contributed by atoms with Gasteiger partial charge in [0.2, 0.25) is 0 Å². The maximum atomic E-state index is 12.6. The third-order valence-electron chi connectivity index (χ3n) is 4.00. The third-order valence-corrected chi connectivity index (χ3v) is 4.91. The van der Waals surface area contributed by atoms with Gasteiger partial charge in [-0.3, -0.25) is 14.5 Å². The van der Waals surface area contributed by atoms with Gasteiger partial charge in [0.05, 0.1) is 11.4 Å². The Morgan fingerprint density at radius 1 is 1.14 bits per heavy atom. The number of amides is 2. The van der Waals surface area contributed by atoms with E-state index < -0.39 is 18.5 Å². The fraction of sp³-hybridized carbons (Fsp3) is 0.190. The van der Waals surface area contributed by atoms with Gasteiger partial charge in [-0.15, -0.1) is 0 Å². The van der Waals surface area contributed by atoms with Crippen LogP contribution in [-0.2, 0) is 9.59 Å². The Balaban J connectivity index is 1.66. The highest BCUT2D eigenvalue weighted by Crippen LogP contribution is 2.33. The van der Waals surface area contributed by atoms with E-state index in [0.717, 1.165) is 22.2 Å². The van der Waals surface area contributed by atoms with Crippen molar-refractivity contribution in [1.82, 2.24) is 4.90 Å². The Labute approximate surface area is 171 Å². The van der Waals surface area contributed by atoms with Crippen molar-refractivity contribution in [2.75, 3.05) is 19.8 Å². The van der Waals surface area contributed by atoms with E-state index in [9.17, 15) is 14.4 Å². The number of carbonyl (C=O) groups excluding carboxylic acids is 2. The zero-order valence-corrected chi connectivity index (χ0v) is 16.5. The topological polar surface area (TPSA) is 93.1 Å². The molecule has 2 amide bonds. The highest BCUT2D eigenvalue weighted by Gasteiger charge is 2.35. The number of thioether (sulfide) groups is 1. The van der Waals surface area contributed by atoms with Crippen LogP contribution in [0.5, 0.6) is 11.5 Å². The van der Waals surface area contributed by atoms with Crippen LogP contribution >= 0.6 is 11.8 Å². The van der Waals surface area contributed by atoms with Gasteiger partial charge in [-0.25, -0.2) is 4.79 Å². The maximum absolute atomic E-state index is 12.6. The smallest absolute Gasteiger partial charge is 0.341 e. The van der Waals surface area contributed by atoms with Crippen molar-refractivity contribution in [1.29, 1.82) is 0 Å². The molecule has 8 heteroatoms. The predicted octanol–water partition coefficient (Wildman–Crippen LogP) is 3.57. The Kier molecular flexibility index (Phi) is 6.56. The van der Waals surface area contributed by atoms with Gasteiger partial charge >= 0.3 is 5.97 Å². The van der Waals surface area contributed by atoms with Crippen molar-refractivity contribution in [3.8, 4) is 11.5 Å². The number of hydrogen-bond donors (Lipinski definition) is 1. The summed E-state index contributed by atoms with van der Waals surface area (Å²) in [5.41, 5.74) is 1.58. The molecule has 150 valence electrons. The zero-order valence-electron chi connectivity index (χ0n) is 15.7. The number of nitrogens with zero attached hydrogens (tertiary/aromatic N) is 1. The molecule has 0 saturated carbocycles. The van der Waals surface area contributed by atoms with Gasteiger partial charge < -0.3 is 14.6 Å². The van der Waals surface area contributed by atoms with Crippen LogP contribution in [0.3, 0.4) is 0 Å². The lowest BCUT2D eigenvalue weighted by Crippen LogP contribution is -2.32. The van der Waals surface area contributed by atoms with Crippen LogP contribution in [-0.4, -0.2) is 46.9 Å². The Morgan fingerprint density at radius 2 is 1.93 bits per heavy atom. The second kappa shape index (κ2) is 9.29. The SMILES string of the molecule is Cc1cccc(OCCN2C(=O)S/C(=C\c3ccccc3OCC(=O)O)C2=O)c1. The molecule has 29 heavy (non-hydrogen) atoms. The van der Waals surface area contributed by atoms with Crippen molar-refractivity contribution in [2.45, 2.75) is 6.92 Å². The molecular weight excluding hydrogens is 394 g/mol. The van der Waals surface area contributed by atoms with Crippen molar-refractivity contribution in [2.24, 2.45) is 0 Å². The largest absolute Gasteiger partial charge is 0.492 e. The zero-order chi connectivity index (χ0) is 20.8. The average Bonchev–Trinajstić information content (AvgIpc) is 2.95. The number of rotatable bonds is 8. The fourth-order valence-corrected chi connectivity index (χ4v) is 3.52. The maximum Gasteiger partial charge on any atom is 0.341 e. The minimum Gasteiger partial charge on any atom is -0.492 e. The van der Waals surface area contributed by atoms with E-state index >= 15 is 0 Å². The molecule has 0 bridgehead atoms. The normalized spacial score (nSPS) is 15.1. The molecular formula is C21H19NO6S. The van der Waals surface area contributed by atoms with E-state index in [0.29, 0.717) is 17.1 Å². The molecule has 0 radical (unpaired) electrons. The molecule has 0 unspecified atom stereocenters. The van der Waals surface area contributed by atoms with Crippen LogP contribution in [0.2, 0.25) is 0 Å². The Hall–Kier alpha value is -3.26. The summed E-state index contributed by atoms with van der Waals surface area (Å²) in [6, 6.07) is 14.2. The first-order valence-corrected chi connectivity index (χ1v) is 9.64. The number of para-hydroxylation sites is 1. The van der Waals surface area contributed by atoms with Crippen LogP contribution in [0.4, 0.5) is 4.79 Å². The van der Waals surface area contributed by atoms with Crippen LogP contribution in [0, 0.1) is 6.92 Å². The highest BCUT2D eigenvalue weighted by atomic mass is 32.2. The summed E-state index contributed by atoms with van der Waals surface area (Å²) in [4.78, 5) is 37.0. The monoisotopic (exact) mass is 413 g/mol. The number of carboxylic acids is 1. The fourth-order valence-electron chi connectivity index (χ4n) is 2.66. The lowest BCUT2D eigenvalue weighted by atomic mass is 10.2. The number of aryl methyl sites for hydroxylation is 1. The number of carboxylic acid groups (broad SMARTS) is 1. The first-order chi connectivity index (χ1) is 13.9. The van der Waals surface area contributed by atoms with Gasteiger partial charge in [0, 0.05) is 5.56 Å². The second-order valence-corrected chi connectivity index (χ2v) is 7.21. The molecule has 2 aromatic rings. The molecule has 1 aliphatic heterocycles. The van der Waals surface area contributed by atoms with Crippen molar-refractivity contribution in [3.05, 3.63) is 64.6 Å². The molecule has 2 aromatic carbocycles. The van der Waals surface area contributed by atoms with E-state index in [2.05, 4.69) is 0 Å². The van der Waals surface area contributed by atoms with Crippen molar-refractivity contribution in [3.63, 3.8) is 0 Å². The molecule has 0 atom stereocenters. The summed E-state index contributed by atoms with van der Waals surface area (Å²) in [6.45, 7) is 1.77. The Bertz CT molecular complexity index is 971. The second-order valence-electron chi connectivity index (χ2n) is 6.22. The minimum atomic E-state index is -1.10. The third kappa shape index (κ3) is 5.39. The molecule has 1 N–H and O–H groups in total. The predicted molar refractivity (Wildman–Crippen MR) is 109 cm³/mol. The number of carbonyl (C=O) groups is 3. The van der Waals surface area contributed by atoms with E-state index in [1.807, 2.05) is 31.2 Å². The summed E-state index contributed by atoms with van der Waals surface area (Å²) in [7, 11) is 0. The average molecular weight is 413 g/mol. The van der Waals surface area contributed by atoms with Crippen LogP contribution in [0.25, 0.3) is 6.08 Å². The van der Waals surface area contributed by atoms with Crippen molar-refractivity contribution < 1.29 is 29.0 Å². The molecule has 3 rings (SSSR count). The first-order valence-electron chi connectivity index (χ1n) is 8.82. The van der Waals surface area contributed by atoms with Gasteiger partial charge in [0.15, 0.2) is 6.61 Å². The lowest BCUT2D eigenvalue weighted by Gasteiger charge is -2.13. The van der Waals surface area contributed by atoms with E-state index in [1.54, 1.807) is 24.3 Å². The summed E-state index contributed by atoms with van der Waals surface area (Å²) >= 11 is 0.830. The van der Waals surface area contributed by atoms with Gasteiger partial charge in [0.1, 0.15) is 18.1 Å². The summed E-state index contributed by atoms with van der Waals surface area (Å²) in [5.74, 6) is -0.517. The van der Waals surface area contributed by atoms with Crippen LogP contribution in [0.1, 0.15) is 11.1 Å². The highest BCUT2D eigenvalue weighted by molar-refractivity contribution is 8.18. The number of benzene rings is 2. The van der Waals surface area contributed by atoms with Gasteiger partial charge in [-0.2, -0.15) is 0 Å². The number of hydrogen-bond acceptors (Lipinski definition) is 6. The Morgan fingerprint density at radius 3 is 2.69 bits per heavy atom. The van der Waals surface area contributed by atoms with Crippen LogP contribution in [0.15, 0.2) is 53.4 Å². The quantitative estimate of drug-likeness (QED) is 0.661. The molecule has 0 spiro atoms. The number of aliphatic carboxylic acids is 1. The molecule has 7 nitrogen and oxygen atoms in total.